The summed E-state index contributed by atoms with van der Waals surface area (Å²) >= 11 is 1.55. The fraction of sp³-hybridized carbons (Fsp3) is 0.318. The molecule has 1 aromatic carbocycles. The van der Waals surface area contributed by atoms with Crippen LogP contribution in [0.15, 0.2) is 52.3 Å². The number of thiophene rings is 1. The number of oxazole rings is 1. The zero-order valence-corrected chi connectivity index (χ0v) is 17.6. The first kappa shape index (κ1) is 20.3. The number of nitrogens with one attached hydrogen (secondary N) is 2. The second-order valence-corrected chi connectivity index (χ2v) is 8.19. The van der Waals surface area contributed by atoms with Crippen LogP contribution in [0.2, 0.25) is 0 Å². The fourth-order valence-electron chi connectivity index (χ4n) is 3.52. The molecular weight excluding hydrogens is 400 g/mol. The Bertz CT molecular complexity index is 1000. The smallest absolute Gasteiger partial charge is 0.237 e. The molecule has 4 rings (SSSR count). The second kappa shape index (κ2) is 9.23. The largest absolute Gasteiger partial charge is 0.440 e. The normalized spacial score (nSPS) is 17.0. The molecule has 30 heavy (non-hydrogen) atoms. The van der Waals surface area contributed by atoms with E-state index < -0.39 is 6.04 Å². The van der Waals surface area contributed by atoms with E-state index in [9.17, 15) is 9.59 Å². The summed E-state index contributed by atoms with van der Waals surface area (Å²) in [4.78, 5) is 32.5. The van der Waals surface area contributed by atoms with Gasteiger partial charge in [-0.3, -0.25) is 14.5 Å². The highest BCUT2D eigenvalue weighted by atomic mass is 32.1. The Kier molecular flexibility index (Phi) is 6.25. The molecule has 0 aliphatic carbocycles. The van der Waals surface area contributed by atoms with Crippen LogP contribution in [0.5, 0.6) is 0 Å². The highest BCUT2D eigenvalue weighted by molar-refractivity contribution is 7.13. The first-order valence-corrected chi connectivity index (χ1v) is 10.8. The van der Waals surface area contributed by atoms with Crippen LogP contribution >= 0.6 is 11.3 Å². The quantitative estimate of drug-likeness (QED) is 0.609. The molecule has 0 spiro atoms. The number of amides is 2. The number of carbonyl (C=O) groups excluding carboxylic acids is 2. The van der Waals surface area contributed by atoms with Crippen molar-refractivity contribution in [2.75, 3.05) is 13.1 Å². The van der Waals surface area contributed by atoms with Crippen molar-refractivity contribution in [2.45, 2.75) is 32.5 Å². The van der Waals surface area contributed by atoms with Crippen LogP contribution in [-0.4, -0.2) is 40.8 Å². The zero-order chi connectivity index (χ0) is 20.9. The summed E-state index contributed by atoms with van der Waals surface area (Å²) in [5.41, 5.74) is 1.82. The lowest BCUT2D eigenvalue weighted by Gasteiger charge is -2.34. The number of hydrogen-bond acceptors (Lipinski definition) is 6. The molecule has 1 atom stereocenters. The summed E-state index contributed by atoms with van der Waals surface area (Å²) in [6.45, 7) is 4.05. The van der Waals surface area contributed by atoms with Crippen LogP contribution in [0.25, 0.3) is 10.8 Å². The molecule has 0 bridgehead atoms. The van der Waals surface area contributed by atoms with Crippen LogP contribution in [0.3, 0.4) is 0 Å². The molecule has 7 nitrogen and oxygen atoms in total. The number of benzene rings is 1. The van der Waals surface area contributed by atoms with E-state index in [0.29, 0.717) is 37.0 Å². The van der Waals surface area contributed by atoms with Gasteiger partial charge in [-0.25, -0.2) is 4.98 Å². The minimum absolute atomic E-state index is 0.105. The Hall–Kier alpha value is -2.97. The van der Waals surface area contributed by atoms with E-state index >= 15 is 0 Å². The number of rotatable bonds is 7. The van der Waals surface area contributed by atoms with Crippen molar-refractivity contribution >= 4 is 23.2 Å². The van der Waals surface area contributed by atoms with Crippen molar-refractivity contribution in [3.63, 3.8) is 0 Å². The standard InChI is InChI=1S/C22H24N4O3S/c1-15-17(25-22(29-15)19-8-5-11-30-19)13-24-20(27)12-18-21(28)23-9-10-26(18)14-16-6-3-2-4-7-16/h2-8,11,18H,9-10,12-14H2,1H3,(H,23,28)(H,24,27). The summed E-state index contributed by atoms with van der Waals surface area (Å²) in [5, 5.41) is 7.72. The molecule has 2 aromatic heterocycles. The van der Waals surface area contributed by atoms with Gasteiger partial charge in [-0.1, -0.05) is 36.4 Å². The topological polar surface area (TPSA) is 87.5 Å². The third-order valence-electron chi connectivity index (χ3n) is 5.13. The maximum atomic E-state index is 12.6. The Morgan fingerprint density at radius 2 is 2.13 bits per heavy atom. The molecule has 1 saturated heterocycles. The van der Waals surface area contributed by atoms with E-state index in [-0.39, 0.29) is 24.8 Å². The molecule has 1 unspecified atom stereocenters. The van der Waals surface area contributed by atoms with Crippen molar-refractivity contribution in [3.8, 4) is 10.8 Å². The van der Waals surface area contributed by atoms with Crippen molar-refractivity contribution in [1.82, 2.24) is 20.5 Å². The summed E-state index contributed by atoms with van der Waals surface area (Å²) in [6, 6.07) is 13.4. The summed E-state index contributed by atoms with van der Waals surface area (Å²) in [6.07, 6.45) is 0.105. The summed E-state index contributed by atoms with van der Waals surface area (Å²) in [7, 11) is 0. The molecule has 2 amide bonds. The van der Waals surface area contributed by atoms with Gasteiger partial charge >= 0.3 is 0 Å². The van der Waals surface area contributed by atoms with Gasteiger partial charge in [-0.05, 0) is 23.9 Å². The van der Waals surface area contributed by atoms with Gasteiger partial charge in [0.15, 0.2) is 0 Å². The molecule has 3 heterocycles. The first-order chi connectivity index (χ1) is 14.6. The predicted molar refractivity (Wildman–Crippen MR) is 115 cm³/mol. The maximum absolute atomic E-state index is 12.6. The van der Waals surface area contributed by atoms with Crippen LogP contribution in [0.4, 0.5) is 0 Å². The highest BCUT2D eigenvalue weighted by Gasteiger charge is 2.31. The monoisotopic (exact) mass is 424 g/mol. The minimum Gasteiger partial charge on any atom is -0.440 e. The highest BCUT2D eigenvalue weighted by Crippen LogP contribution is 2.25. The molecule has 0 saturated carbocycles. The predicted octanol–water partition coefficient (Wildman–Crippen LogP) is 2.72. The van der Waals surface area contributed by atoms with Crippen molar-refractivity contribution in [2.24, 2.45) is 0 Å². The van der Waals surface area contributed by atoms with Crippen molar-refractivity contribution in [1.29, 1.82) is 0 Å². The van der Waals surface area contributed by atoms with Crippen LogP contribution in [0, 0.1) is 6.92 Å². The summed E-state index contributed by atoms with van der Waals surface area (Å²) < 4.78 is 5.72. The average Bonchev–Trinajstić information content (AvgIpc) is 3.40. The van der Waals surface area contributed by atoms with Crippen LogP contribution in [-0.2, 0) is 22.7 Å². The average molecular weight is 425 g/mol. The van der Waals surface area contributed by atoms with Gasteiger partial charge in [-0.2, -0.15) is 0 Å². The number of aryl methyl sites for hydroxylation is 1. The van der Waals surface area contributed by atoms with Gasteiger partial charge in [0.2, 0.25) is 17.7 Å². The van der Waals surface area contributed by atoms with E-state index in [0.717, 1.165) is 10.4 Å². The molecule has 3 aromatic rings. The van der Waals surface area contributed by atoms with Gasteiger partial charge in [-0.15, -0.1) is 11.3 Å². The third kappa shape index (κ3) is 4.77. The lowest BCUT2D eigenvalue weighted by Crippen LogP contribution is -2.56. The Labute approximate surface area is 179 Å². The van der Waals surface area contributed by atoms with Crippen LogP contribution < -0.4 is 10.6 Å². The van der Waals surface area contributed by atoms with Crippen molar-refractivity contribution < 1.29 is 14.0 Å². The maximum Gasteiger partial charge on any atom is 0.237 e. The molecule has 1 aliphatic heterocycles. The van der Waals surface area contributed by atoms with E-state index in [1.807, 2.05) is 54.8 Å². The number of nitrogens with zero attached hydrogens (tertiary/aromatic N) is 2. The molecule has 8 heteroatoms. The van der Waals surface area contributed by atoms with Crippen molar-refractivity contribution in [3.05, 3.63) is 64.9 Å². The van der Waals surface area contributed by atoms with E-state index in [2.05, 4.69) is 20.5 Å². The SMILES string of the molecule is Cc1oc(-c2cccs2)nc1CNC(=O)CC1C(=O)NCCN1Cc1ccccc1. The number of hydrogen-bond donors (Lipinski definition) is 2. The third-order valence-corrected chi connectivity index (χ3v) is 5.98. The zero-order valence-electron chi connectivity index (χ0n) is 16.8. The molecule has 1 fully saturated rings. The molecule has 156 valence electrons. The minimum atomic E-state index is -0.487. The second-order valence-electron chi connectivity index (χ2n) is 7.24. The molecule has 2 N–H and O–H groups in total. The lowest BCUT2D eigenvalue weighted by atomic mass is 10.1. The number of piperazine rings is 1. The Morgan fingerprint density at radius 3 is 2.90 bits per heavy atom. The lowest BCUT2D eigenvalue weighted by molar-refractivity contribution is -0.134. The van der Waals surface area contributed by atoms with Gasteiger partial charge in [0.1, 0.15) is 11.5 Å². The number of carbonyl (C=O) groups is 2. The first-order valence-electron chi connectivity index (χ1n) is 9.92. The molecular formula is C22H24N4O3S. The fourth-order valence-corrected chi connectivity index (χ4v) is 4.17. The van der Waals surface area contributed by atoms with Gasteiger partial charge in [0, 0.05) is 19.6 Å². The van der Waals surface area contributed by atoms with E-state index in [1.54, 1.807) is 11.3 Å². The number of aromatic nitrogens is 1. The van der Waals surface area contributed by atoms with Gasteiger partial charge in [0.05, 0.1) is 23.9 Å². The Balaban J connectivity index is 1.36. The Morgan fingerprint density at radius 1 is 1.30 bits per heavy atom. The van der Waals surface area contributed by atoms with Gasteiger partial charge < -0.3 is 15.1 Å². The summed E-state index contributed by atoms with van der Waals surface area (Å²) in [5.74, 6) is 0.951. The van der Waals surface area contributed by atoms with Crippen LogP contribution in [0.1, 0.15) is 23.4 Å². The molecule has 0 radical (unpaired) electrons. The molecule has 1 aliphatic rings. The van der Waals surface area contributed by atoms with E-state index in [1.165, 1.54) is 0 Å². The van der Waals surface area contributed by atoms with Gasteiger partial charge in [0.25, 0.3) is 0 Å². The van der Waals surface area contributed by atoms with E-state index in [4.69, 9.17) is 4.42 Å².